The number of fused-ring (bicyclic) bond motifs is 1. The summed E-state index contributed by atoms with van der Waals surface area (Å²) in [4.78, 5) is 20.8. The van der Waals surface area contributed by atoms with Gasteiger partial charge in [-0.1, -0.05) is 0 Å². The standard InChI is InChI=1S/C20H25N7O3.ClH/c1-25-15-9-14(16(8-12(15)10-23-25)27-5-2-13(28)11-27)18-17(19(21)29)24-20(30-18)26-6-3-22-4-7-26;/h8-10,13,22,28H,2-7,11H2,1H3,(H2,21,29);1H. The molecule has 1 amide bonds. The van der Waals surface area contributed by atoms with Gasteiger partial charge in [-0.2, -0.15) is 10.1 Å². The molecule has 2 aromatic heterocycles. The molecule has 1 atom stereocenters. The Balaban J connectivity index is 0.00000231. The molecule has 31 heavy (non-hydrogen) atoms. The van der Waals surface area contributed by atoms with E-state index in [-0.39, 0.29) is 24.2 Å². The summed E-state index contributed by atoms with van der Waals surface area (Å²) < 4.78 is 7.94. The first-order valence-electron chi connectivity index (χ1n) is 10.2. The molecule has 0 saturated carbocycles. The number of piperazine rings is 1. The Bertz CT molecular complexity index is 1110. The van der Waals surface area contributed by atoms with E-state index < -0.39 is 5.91 Å². The lowest BCUT2D eigenvalue weighted by molar-refractivity contribution is 0.0996. The van der Waals surface area contributed by atoms with Crippen molar-refractivity contribution < 1.29 is 14.3 Å². The van der Waals surface area contributed by atoms with Crippen molar-refractivity contribution in [2.45, 2.75) is 12.5 Å². The largest absolute Gasteiger partial charge is 0.422 e. The summed E-state index contributed by atoms with van der Waals surface area (Å²) >= 11 is 0. The summed E-state index contributed by atoms with van der Waals surface area (Å²) in [5, 5.41) is 18.7. The van der Waals surface area contributed by atoms with E-state index in [4.69, 9.17) is 10.2 Å². The van der Waals surface area contributed by atoms with Gasteiger partial charge in [0.2, 0.25) is 0 Å². The zero-order chi connectivity index (χ0) is 20.8. The lowest BCUT2D eigenvalue weighted by Gasteiger charge is -2.25. The van der Waals surface area contributed by atoms with Crippen LogP contribution in [0.25, 0.3) is 22.2 Å². The molecular weight excluding hydrogens is 422 g/mol. The quantitative estimate of drug-likeness (QED) is 0.534. The number of rotatable bonds is 4. The van der Waals surface area contributed by atoms with Crippen molar-refractivity contribution in [1.29, 1.82) is 0 Å². The Morgan fingerprint density at radius 2 is 2.03 bits per heavy atom. The first kappa shape index (κ1) is 21.4. The van der Waals surface area contributed by atoms with Gasteiger partial charge in [-0.25, -0.2) is 0 Å². The van der Waals surface area contributed by atoms with Crippen molar-refractivity contribution in [2.24, 2.45) is 12.8 Å². The number of benzene rings is 1. The Kier molecular flexibility index (Phi) is 5.78. The highest BCUT2D eigenvalue weighted by molar-refractivity contribution is 6.01. The van der Waals surface area contributed by atoms with E-state index >= 15 is 0 Å². The van der Waals surface area contributed by atoms with Crippen LogP contribution in [0.15, 0.2) is 22.7 Å². The number of nitrogens with one attached hydrogen (secondary N) is 1. The Morgan fingerprint density at radius 3 is 2.71 bits per heavy atom. The maximum absolute atomic E-state index is 12.3. The molecule has 5 rings (SSSR count). The molecule has 2 aliphatic heterocycles. The monoisotopic (exact) mass is 447 g/mol. The highest BCUT2D eigenvalue weighted by Gasteiger charge is 2.29. The van der Waals surface area contributed by atoms with Crippen LogP contribution >= 0.6 is 12.4 Å². The van der Waals surface area contributed by atoms with E-state index in [1.165, 1.54) is 0 Å². The average molecular weight is 448 g/mol. The highest BCUT2D eigenvalue weighted by Crippen LogP contribution is 2.39. The minimum atomic E-state index is -0.632. The predicted molar refractivity (Wildman–Crippen MR) is 120 cm³/mol. The molecule has 4 N–H and O–H groups in total. The second-order valence-corrected chi connectivity index (χ2v) is 7.86. The van der Waals surface area contributed by atoms with Crippen molar-refractivity contribution in [3.63, 3.8) is 0 Å². The van der Waals surface area contributed by atoms with Gasteiger partial charge in [0, 0.05) is 63.0 Å². The third-order valence-corrected chi connectivity index (χ3v) is 5.85. The van der Waals surface area contributed by atoms with Crippen LogP contribution < -0.4 is 20.9 Å². The highest BCUT2D eigenvalue weighted by atomic mass is 35.5. The van der Waals surface area contributed by atoms with E-state index in [1.807, 2.05) is 24.1 Å². The number of oxazole rings is 1. The normalized spacial score (nSPS) is 19.1. The van der Waals surface area contributed by atoms with Gasteiger partial charge in [0.15, 0.2) is 11.5 Å². The molecule has 2 aliphatic rings. The number of nitrogens with two attached hydrogens (primary N) is 1. The SMILES string of the molecule is Cl.Cn1ncc2cc(N3CCC(O)C3)c(-c3oc(N4CCNCC4)nc3C(N)=O)cc21. The smallest absolute Gasteiger partial charge is 0.298 e. The molecule has 0 aliphatic carbocycles. The van der Waals surface area contributed by atoms with Crippen LogP contribution in [0, 0.1) is 0 Å². The fourth-order valence-electron chi connectivity index (χ4n) is 4.24. The number of carbonyl (C=O) groups excluding carboxylic acids is 1. The zero-order valence-corrected chi connectivity index (χ0v) is 18.1. The number of aryl methyl sites for hydroxylation is 1. The summed E-state index contributed by atoms with van der Waals surface area (Å²) in [5.74, 6) is -0.275. The van der Waals surface area contributed by atoms with Crippen LogP contribution in [0.5, 0.6) is 0 Å². The second-order valence-electron chi connectivity index (χ2n) is 7.86. The van der Waals surface area contributed by atoms with Gasteiger partial charge in [-0.15, -0.1) is 12.4 Å². The molecule has 1 unspecified atom stereocenters. The van der Waals surface area contributed by atoms with E-state index in [2.05, 4.69) is 20.3 Å². The van der Waals surface area contributed by atoms with Crippen molar-refractivity contribution in [3.05, 3.63) is 24.0 Å². The molecule has 2 fully saturated rings. The topological polar surface area (TPSA) is 126 Å². The van der Waals surface area contributed by atoms with Crippen molar-refractivity contribution >= 4 is 40.9 Å². The summed E-state index contributed by atoms with van der Waals surface area (Å²) in [5.41, 5.74) is 8.30. The van der Waals surface area contributed by atoms with Crippen LogP contribution in [0.1, 0.15) is 16.9 Å². The van der Waals surface area contributed by atoms with Gasteiger partial charge in [0.25, 0.3) is 11.9 Å². The number of aromatic nitrogens is 3. The number of primary amides is 1. The lowest BCUT2D eigenvalue weighted by Crippen LogP contribution is -2.43. The third kappa shape index (κ3) is 3.82. The summed E-state index contributed by atoms with van der Waals surface area (Å²) in [7, 11) is 1.87. The summed E-state index contributed by atoms with van der Waals surface area (Å²) in [6.45, 7) is 4.35. The molecular formula is C20H26ClN7O3. The van der Waals surface area contributed by atoms with Gasteiger partial charge in [-0.3, -0.25) is 9.48 Å². The van der Waals surface area contributed by atoms with Gasteiger partial charge in [0.1, 0.15) is 0 Å². The molecule has 0 radical (unpaired) electrons. The van der Waals surface area contributed by atoms with E-state index in [0.717, 1.165) is 48.3 Å². The van der Waals surface area contributed by atoms with Crippen LogP contribution in [-0.4, -0.2) is 71.2 Å². The maximum Gasteiger partial charge on any atom is 0.298 e. The molecule has 3 aromatic rings. The Hall–Kier alpha value is -2.82. The number of nitrogens with zero attached hydrogens (tertiary/aromatic N) is 5. The van der Waals surface area contributed by atoms with Crippen LogP contribution in [-0.2, 0) is 7.05 Å². The van der Waals surface area contributed by atoms with Gasteiger partial charge in [0.05, 0.1) is 17.8 Å². The Morgan fingerprint density at radius 1 is 1.26 bits per heavy atom. The third-order valence-electron chi connectivity index (χ3n) is 5.85. The molecule has 0 bridgehead atoms. The van der Waals surface area contributed by atoms with Crippen LogP contribution in [0.2, 0.25) is 0 Å². The van der Waals surface area contributed by atoms with Crippen molar-refractivity contribution in [1.82, 2.24) is 20.1 Å². The number of amides is 1. The number of hydrogen-bond acceptors (Lipinski definition) is 8. The van der Waals surface area contributed by atoms with E-state index in [9.17, 15) is 9.90 Å². The number of β-amino-alcohol motifs (C(OH)–C–C–N with tert-alkyl or cyclic N) is 1. The summed E-state index contributed by atoms with van der Waals surface area (Å²) in [6.07, 6.45) is 2.11. The molecule has 0 spiro atoms. The van der Waals surface area contributed by atoms with Crippen LogP contribution in [0.3, 0.4) is 0 Å². The van der Waals surface area contributed by atoms with Gasteiger partial charge < -0.3 is 30.4 Å². The number of aliphatic hydroxyl groups excluding tert-OH is 1. The van der Waals surface area contributed by atoms with Gasteiger partial charge >= 0.3 is 0 Å². The van der Waals surface area contributed by atoms with Crippen molar-refractivity contribution in [3.8, 4) is 11.3 Å². The average Bonchev–Trinajstić information content (AvgIpc) is 3.46. The molecule has 2 saturated heterocycles. The minimum Gasteiger partial charge on any atom is -0.422 e. The summed E-state index contributed by atoms with van der Waals surface area (Å²) in [6, 6.07) is 4.38. The zero-order valence-electron chi connectivity index (χ0n) is 17.2. The second kappa shape index (κ2) is 8.37. The first-order valence-corrected chi connectivity index (χ1v) is 10.2. The Labute approximate surface area is 185 Å². The molecule has 166 valence electrons. The van der Waals surface area contributed by atoms with Crippen LogP contribution in [0.4, 0.5) is 11.7 Å². The number of aliphatic hydroxyl groups is 1. The van der Waals surface area contributed by atoms with Gasteiger partial charge in [-0.05, 0) is 18.6 Å². The maximum atomic E-state index is 12.3. The molecule has 4 heterocycles. The first-order chi connectivity index (χ1) is 14.5. The molecule has 11 heteroatoms. The van der Waals surface area contributed by atoms with E-state index in [0.29, 0.717) is 31.3 Å². The molecule has 10 nitrogen and oxygen atoms in total. The number of anilines is 2. The van der Waals surface area contributed by atoms with Crippen molar-refractivity contribution in [2.75, 3.05) is 49.1 Å². The number of halogens is 1. The number of carbonyl (C=O) groups is 1. The minimum absolute atomic E-state index is 0. The molecule has 1 aromatic carbocycles. The predicted octanol–water partition coefficient (Wildman–Crippen LogP) is 0.730. The number of hydrogen-bond donors (Lipinski definition) is 3. The fourth-order valence-corrected chi connectivity index (χ4v) is 4.24. The fraction of sp³-hybridized carbons (Fsp3) is 0.450. The lowest BCUT2D eigenvalue weighted by atomic mass is 10.0. The van der Waals surface area contributed by atoms with E-state index in [1.54, 1.807) is 10.9 Å².